The zero-order chi connectivity index (χ0) is 15.7. The highest BCUT2D eigenvalue weighted by atomic mass is 32.1. The molecular weight excluding hydrogens is 294 g/mol. The number of hydrogen-bond acceptors (Lipinski definition) is 6. The molecule has 0 bridgehead atoms. The summed E-state index contributed by atoms with van der Waals surface area (Å²) in [5.74, 6) is 0.569. The van der Waals surface area contributed by atoms with Crippen LogP contribution in [0.2, 0.25) is 0 Å². The molecule has 2 N–H and O–H groups in total. The molecule has 0 atom stereocenters. The van der Waals surface area contributed by atoms with Gasteiger partial charge >= 0.3 is 0 Å². The Labute approximate surface area is 130 Å². The number of thiocarbonyl (C=S) groups is 1. The Balaban J connectivity index is 2.23. The second-order valence-corrected chi connectivity index (χ2v) is 4.76. The number of rotatable bonds is 11. The van der Waals surface area contributed by atoms with Gasteiger partial charge in [-0.05, 0) is 6.92 Å². The Morgan fingerprint density at radius 1 is 1.14 bits per heavy atom. The van der Waals surface area contributed by atoms with Crippen molar-refractivity contribution in [3.05, 3.63) is 11.3 Å². The van der Waals surface area contributed by atoms with Crippen molar-refractivity contribution in [1.29, 1.82) is 0 Å². The van der Waals surface area contributed by atoms with Crippen molar-refractivity contribution >= 4 is 17.2 Å². The van der Waals surface area contributed by atoms with Crippen LogP contribution in [-0.4, -0.2) is 61.5 Å². The summed E-state index contributed by atoms with van der Waals surface area (Å²) in [6.45, 7) is 4.90. The van der Waals surface area contributed by atoms with E-state index in [1.165, 1.54) is 0 Å². The maximum Gasteiger partial charge on any atom is 0.222 e. The van der Waals surface area contributed by atoms with Gasteiger partial charge in [0, 0.05) is 14.2 Å². The third-order valence-corrected chi connectivity index (χ3v) is 2.89. The third kappa shape index (κ3) is 5.96. The third-order valence-electron chi connectivity index (χ3n) is 2.69. The van der Waals surface area contributed by atoms with Crippen molar-refractivity contribution in [2.24, 2.45) is 12.8 Å². The number of aryl methyl sites for hydroxylation is 2. The second kappa shape index (κ2) is 9.67. The molecule has 0 spiro atoms. The fourth-order valence-electron chi connectivity index (χ4n) is 1.75. The van der Waals surface area contributed by atoms with Crippen LogP contribution in [-0.2, 0) is 21.3 Å². The average Bonchev–Trinajstić information content (AvgIpc) is 2.71. The van der Waals surface area contributed by atoms with Crippen LogP contribution in [0, 0.1) is 6.92 Å². The van der Waals surface area contributed by atoms with E-state index in [-0.39, 0.29) is 4.99 Å². The van der Waals surface area contributed by atoms with E-state index < -0.39 is 0 Å². The summed E-state index contributed by atoms with van der Waals surface area (Å²) in [5, 5.41) is 4.24. The predicted octanol–water partition coefficient (Wildman–Crippen LogP) is 0.421. The molecule has 0 aliphatic rings. The SMILES string of the molecule is COCCOCCOCCOc1c(C(N)=S)c(C)nn1C. The van der Waals surface area contributed by atoms with Crippen LogP contribution in [0.3, 0.4) is 0 Å². The molecule has 0 aliphatic heterocycles. The van der Waals surface area contributed by atoms with Gasteiger partial charge in [-0.25, -0.2) is 4.68 Å². The monoisotopic (exact) mass is 317 g/mol. The van der Waals surface area contributed by atoms with Crippen LogP contribution in [0.4, 0.5) is 0 Å². The summed E-state index contributed by atoms with van der Waals surface area (Å²) in [7, 11) is 3.42. The van der Waals surface area contributed by atoms with Gasteiger partial charge in [0.25, 0.3) is 0 Å². The number of methoxy groups -OCH3 is 1. The van der Waals surface area contributed by atoms with Gasteiger partial charge < -0.3 is 24.7 Å². The van der Waals surface area contributed by atoms with E-state index in [0.29, 0.717) is 51.1 Å². The second-order valence-electron chi connectivity index (χ2n) is 4.32. The molecule has 7 nitrogen and oxygen atoms in total. The van der Waals surface area contributed by atoms with Gasteiger partial charge in [-0.2, -0.15) is 5.10 Å². The van der Waals surface area contributed by atoms with Gasteiger partial charge in [-0.15, -0.1) is 0 Å². The molecule has 21 heavy (non-hydrogen) atoms. The molecule has 0 fully saturated rings. The van der Waals surface area contributed by atoms with Gasteiger partial charge in [0.15, 0.2) is 0 Å². The molecule has 1 aromatic rings. The molecule has 0 saturated carbocycles. The summed E-state index contributed by atoms with van der Waals surface area (Å²) in [6.07, 6.45) is 0. The number of nitrogens with zero attached hydrogens (tertiary/aromatic N) is 2. The summed E-state index contributed by atoms with van der Waals surface area (Å²) < 4.78 is 22.8. The Bertz CT molecular complexity index is 451. The van der Waals surface area contributed by atoms with E-state index in [1.54, 1.807) is 18.8 Å². The van der Waals surface area contributed by atoms with Crippen LogP contribution in [0.25, 0.3) is 0 Å². The Kier molecular flexibility index (Phi) is 8.21. The molecule has 0 unspecified atom stereocenters. The molecule has 1 aromatic heterocycles. The topological polar surface area (TPSA) is 80.8 Å². The van der Waals surface area contributed by atoms with Crippen LogP contribution < -0.4 is 10.5 Å². The number of hydrogen-bond donors (Lipinski definition) is 1. The van der Waals surface area contributed by atoms with Gasteiger partial charge in [0.2, 0.25) is 5.88 Å². The molecule has 0 aromatic carbocycles. The van der Waals surface area contributed by atoms with Crippen LogP contribution >= 0.6 is 12.2 Å². The highest BCUT2D eigenvalue weighted by molar-refractivity contribution is 7.80. The van der Waals surface area contributed by atoms with Gasteiger partial charge in [0.05, 0.1) is 44.3 Å². The fraction of sp³-hybridized carbons (Fsp3) is 0.692. The summed E-state index contributed by atoms with van der Waals surface area (Å²) in [6, 6.07) is 0. The first-order chi connectivity index (χ1) is 10.1. The normalized spacial score (nSPS) is 10.8. The minimum atomic E-state index is 0.281. The van der Waals surface area contributed by atoms with Gasteiger partial charge in [0.1, 0.15) is 11.6 Å². The predicted molar refractivity (Wildman–Crippen MR) is 82.8 cm³/mol. The average molecular weight is 317 g/mol. The van der Waals surface area contributed by atoms with E-state index >= 15 is 0 Å². The smallest absolute Gasteiger partial charge is 0.222 e. The highest BCUT2D eigenvalue weighted by Crippen LogP contribution is 2.20. The molecule has 0 aliphatic carbocycles. The van der Waals surface area contributed by atoms with Crippen molar-refractivity contribution in [3.8, 4) is 5.88 Å². The summed E-state index contributed by atoms with van der Waals surface area (Å²) in [5.41, 5.74) is 7.11. The largest absolute Gasteiger partial charge is 0.475 e. The lowest BCUT2D eigenvalue weighted by atomic mass is 10.2. The van der Waals surface area contributed by atoms with Gasteiger partial charge in [-0.1, -0.05) is 12.2 Å². The van der Waals surface area contributed by atoms with Gasteiger partial charge in [-0.3, -0.25) is 0 Å². The summed E-state index contributed by atoms with van der Waals surface area (Å²) in [4.78, 5) is 0.281. The molecule has 0 amide bonds. The lowest BCUT2D eigenvalue weighted by Crippen LogP contribution is -2.16. The Morgan fingerprint density at radius 2 is 1.71 bits per heavy atom. The number of ether oxygens (including phenoxy) is 4. The van der Waals surface area contributed by atoms with Crippen LogP contribution in [0.15, 0.2) is 0 Å². The number of aromatic nitrogens is 2. The standard InChI is InChI=1S/C13H23N3O4S/c1-10-11(12(14)21)13(16(2)15-10)20-9-8-19-7-6-18-5-4-17-3/h4-9H2,1-3H3,(H2,14,21). The minimum Gasteiger partial charge on any atom is -0.475 e. The van der Waals surface area contributed by atoms with E-state index in [2.05, 4.69) is 5.10 Å². The van der Waals surface area contributed by atoms with E-state index in [1.807, 2.05) is 6.92 Å². The quantitative estimate of drug-likeness (QED) is 0.468. The van der Waals surface area contributed by atoms with Crippen molar-refractivity contribution in [2.45, 2.75) is 6.92 Å². The molecule has 1 heterocycles. The Hall–Kier alpha value is -1.22. The van der Waals surface area contributed by atoms with Crippen molar-refractivity contribution in [1.82, 2.24) is 9.78 Å². The number of nitrogens with two attached hydrogens (primary N) is 1. The first-order valence-corrected chi connectivity index (χ1v) is 7.09. The van der Waals surface area contributed by atoms with E-state index in [0.717, 1.165) is 5.69 Å². The first-order valence-electron chi connectivity index (χ1n) is 6.68. The molecular formula is C13H23N3O4S. The Morgan fingerprint density at radius 3 is 2.29 bits per heavy atom. The van der Waals surface area contributed by atoms with Crippen molar-refractivity contribution in [2.75, 3.05) is 46.8 Å². The minimum absolute atomic E-state index is 0.281. The molecule has 1 rings (SSSR count). The maximum absolute atomic E-state index is 5.68. The molecule has 0 radical (unpaired) electrons. The highest BCUT2D eigenvalue weighted by Gasteiger charge is 2.16. The lowest BCUT2D eigenvalue weighted by molar-refractivity contribution is 0.0173. The fourth-order valence-corrected chi connectivity index (χ4v) is 1.98. The zero-order valence-electron chi connectivity index (χ0n) is 12.8. The van der Waals surface area contributed by atoms with Crippen molar-refractivity contribution < 1.29 is 18.9 Å². The van der Waals surface area contributed by atoms with E-state index in [9.17, 15) is 0 Å². The van der Waals surface area contributed by atoms with Crippen LogP contribution in [0.1, 0.15) is 11.3 Å². The first kappa shape index (κ1) is 17.8. The van der Waals surface area contributed by atoms with Crippen molar-refractivity contribution in [3.63, 3.8) is 0 Å². The van der Waals surface area contributed by atoms with E-state index in [4.69, 9.17) is 36.9 Å². The summed E-state index contributed by atoms with van der Waals surface area (Å²) >= 11 is 5.01. The molecule has 8 heteroatoms. The van der Waals surface area contributed by atoms with Crippen LogP contribution in [0.5, 0.6) is 5.88 Å². The zero-order valence-corrected chi connectivity index (χ0v) is 13.6. The molecule has 120 valence electrons. The maximum atomic E-state index is 5.68. The molecule has 0 saturated heterocycles. The lowest BCUT2D eigenvalue weighted by Gasteiger charge is -2.09.